The highest BCUT2D eigenvalue weighted by molar-refractivity contribution is 6.03. The molecule has 2 rings (SSSR count). The normalized spacial score (nSPS) is 10.2. The molecule has 0 aliphatic carbocycles. The first-order valence-electron chi connectivity index (χ1n) is 6.78. The Morgan fingerprint density at radius 2 is 2.00 bits per heavy atom. The Hall–Kier alpha value is -2.50. The second kappa shape index (κ2) is 6.78. The van der Waals surface area contributed by atoms with E-state index in [1.165, 1.54) is 24.5 Å². The van der Waals surface area contributed by atoms with Crippen LogP contribution >= 0.6 is 0 Å². The molecule has 6 heteroatoms. The Balaban J connectivity index is 2.18. The fraction of sp³-hybridized carbons (Fsp3) is 0.267. The van der Waals surface area contributed by atoms with E-state index in [9.17, 15) is 9.18 Å². The van der Waals surface area contributed by atoms with Crippen LogP contribution in [0.25, 0.3) is 0 Å². The van der Waals surface area contributed by atoms with E-state index in [1.807, 2.05) is 18.7 Å². The van der Waals surface area contributed by atoms with Gasteiger partial charge in [-0.3, -0.25) is 4.79 Å². The summed E-state index contributed by atoms with van der Waals surface area (Å²) in [5, 5.41) is 2.61. The van der Waals surface area contributed by atoms with Crippen molar-refractivity contribution in [2.45, 2.75) is 13.8 Å². The zero-order valence-electron chi connectivity index (χ0n) is 12.0. The number of rotatable bonds is 5. The van der Waals surface area contributed by atoms with Gasteiger partial charge in [-0.2, -0.15) is 0 Å². The van der Waals surface area contributed by atoms with Crippen molar-refractivity contribution in [3.63, 3.8) is 0 Å². The highest BCUT2D eigenvalue weighted by Gasteiger charge is 2.11. The molecule has 0 aliphatic heterocycles. The molecule has 110 valence electrons. The van der Waals surface area contributed by atoms with Crippen LogP contribution in [0.5, 0.6) is 0 Å². The van der Waals surface area contributed by atoms with Gasteiger partial charge < -0.3 is 10.2 Å². The largest absolute Gasteiger partial charge is 0.357 e. The van der Waals surface area contributed by atoms with Crippen molar-refractivity contribution in [3.8, 4) is 0 Å². The second-order valence-corrected chi connectivity index (χ2v) is 4.40. The molecule has 1 amide bonds. The van der Waals surface area contributed by atoms with Crippen LogP contribution in [0.2, 0.25) is 0 Å². The van der Waals surface area contributed by atoms with E-state index in [0.29, 0.717) is 11.5 Å². The van der Waals surface area contributed by atoms with Crippen LogP contribution in [0, 0.1) is 5.82 Å². The van der Waals surface area contributed by atoms with Gasteiger partial charge in [-0.15, -0.1) is 0 Å². The summed E-state index contributed by atoms with van der Waals surface area (Å²) in [6.07, 6.45) is 1.36. The zero-order valence-corrected chi connectivity index (χ0v) is 12.0. The lowest BCUT2D eigenvalue weighted by atomic mass is 10.3. The number of anilines is 2. The Morgan fingerprint density at radius 1 is 1.24 bits per heavy atom. The van der Waals surface area contributed by atoms with Gasteiger partial charge in [0.2, 0.25) is 0 Å². The smallest absolute Gasteiger partial charge is 0.274 e. The van der Waals surface area contributed by atoms with E-state index in [-0.39, 0.29) is 5.69 Å². The molecule has 1 heterocycles. The van der Waals surface area contributed by atoms with Crippen molar-refractivity contribution >= 4 is 17.4 Å². The van der Waals surface area contributed by atoms with Gasteiger partial charge in [-0.05, 0) is 32.0 Å². The number of carbonyl (C=O) groups excluding carboxylic acids is 1. The highest BCUT2D eigenvalue weighted by Crippen LogP contribution is 2.13. The van der Waals surface area contributed by atoms with Crippen LogP contribution in [0.1, 0.15) is 24.3 Å². The molecule has 5 nitrogen and oxygen atoms in total. The fourth-order valence-corrected chi connectivity index (χ4v) is 1.95. The lowest BCUT2D eigenvalue weighted by Gasteiger charge is -2.19. The van der Waals surface area contributed by atoms with Gasteiger partial charge in [0, 0.05) is 24.8 Å². The van der Waals surface area contributed by atoms with Crippen LogP contribution in [0.3, 0.4) is 0 Å². The van der Waals surface area contributed by atoms with Crippen LogP contribution in [-0.2, 0) is 0 Å². The van der Waals surface area contributed by atoms with Crippen molar-refractivity contribution in [2.75, 3.05) is 23.3 Å². The van der Waals surface area contributed by atoms with Crippen molar-refractivity contribution in [2.24, 2.45) is 0 Å². The molecule has 0 saturated heterocycles. The van der Waals surface area contributed by atoms with Gasteiger partial charge in [0.15, 0.2) is 0 Å². The van der Waals surface area contributed by atoms with E-state index in [4.69, 9.17) is 0 Å². The molecule has 1 aromatic carbocycles. The number of benzene rings is 1. The highest BCUT2D eigenvalue weighted by atomic mass is 19.1. The monoisotopic (exact) mass is 288 g/mol. The Bertz CT molecular complexity index is 629. The third-order valence-electron chi connectivity index (χ3n) is 3.06. The van der Waals surface area contributed by atoms with Crippen LogP contribution in [-0.4, -0.2) is 29.0 Å². The lowest BCUT2D eigenvalue weighted by Crippen LogP contribution is -2.24. The number of hydrogen-bond donors (Lipinski definition) is 1. The maximum atomic E-state index is 13.1. The fourth-order valence-electron chi connectivity index (χ4n) is 1.95. The quantitative estimate of drug-likeness (QED) is 0.919. The number of aromatic nitrogens is 2. The predicted octanol–water partition coefficient (Wildman–Crippen LogP) is 2.71. The summed E-state index contributed by atoms with van der Waals surface area (Å²) in [5.74, 6) is -0.102. The lowest BCUT2D eigenvalue weighted by molar-refractivity contribution is 0.102. The molecule has 0 unspecified atom stereocenters. The van der Waals surface area contributed by atoms with Crippen LogP contribution in [0.4, 0.5) is 15.9 Å². The average molecular weight is 288 g/mol. The molecule has 0 bridgehead atoms. The van der Waals surface area contributed by atoms with Crippen molar-refractivity contribution in [1.29, 1.82) is 0 Å². The first-order chi connectivity index (χ1) is 10.1. The third kappa shape index (κ3) is 3.75. The Morgan fingerprint density at radius 3 is 2.67 bits per heavy atom. The van der Waals surface area contributed by atoms with Gasteiger partial charge in [-0.1, -0.05) is 6.07 Å². The maximum Gasteiger partial charge on any atom is 0.274 e. The van der Waals surface area contributed by atoms with E-state index >= 15 is 0 Å². The molecular weight excluding hydrogens is 271 g/mol. The Labute approximate surface area is 122 Å². The number of nitrogens with one attached hydrogen (secondary N) is 1. The molecule has 0 atom stereocenters. The minimum atomic E-state index is -0.403. The maximum absolute atomic E-state index is 13.1. The molecule has 0 aliphatic rings. The third-order valence-corrected chi connectivity index (χ3v) is 3.06. The van der Waals surface area contributed by atoms with E-state index < -0.39 is 11.7 Å². The molecule has 1 N–H and O–H groups in total. The van der Waals surface area contributed by atoms with E-state index in [2.05, 4.69) is 15.3 Å². The summed E-state index contributed by atoms with van der Waals surface area (Å²) in [5.41, 5.74) is 0.638. The Kier molecular flexibility index (Phi) is 4.81. The van der Waals surface area contributed by atoms with Gasteiger partial charge in [-0.25, -0.2) is 14.4 Å². The van der Waals surface area contributed by atoms with Gasteiger partial charge in [0.05, 0.1) is 0 Å². The SMILES string of the molecule is CCN(CC)c1cc(C(=O)Nc2cccc(F)c2)ncn1. The molecule has 21 heavy (non-hydrogen) atoms. The topological polar surface area (TPSA) is 58.1 Å². The molecule has 0 fully saturated rings. The second-order valence-electron chi connectivity index (χ2n) is 4.40. The van der Waals surface area contributed by atoms with Crippen LogP contribution in [0.15, 0.2) is 36.7 Å². The number of halogens is 1. The summed E-state index contributed by atoms with van der Waals surface area (Å²) >= 11 is 0. The summed E-state index contributed by atoms with van der Waals surface area (Å²) in [6.45, 7) is 5.60. The first kappa shape index (κ1) is 14.9. The number of hydrogen-bond acceptors (Lipinski definition) is 4. The van der Waals surface area contributed by atoms with Gasteiger partial charge >= 0.3 is 0 Å². The molecular formula is C15H17FN4O. The summed E-state index contributed by atoms with van der Waals surface area (Å²) in [6, 6.07) is 7.35. The van der Waals surface area contributed by atoms with Gasteiger partial charge in [0.1, 0.15) is 23.7 Å². The number of carbonyl (C=O) groups is 1. The summed E-state index contributed by atoms with van der Waals surface area (Å²) in [7, 11) is 0. The van der Waals surface area contributed by atoms with Crippen molar-refractivity contribution < 1.29 is 9.18 Å². The molecule has 0 saturated carbocycles. The molecule has 2 aromatic rings. The van der Waals surface area contributed by atoms with Crippen LogP contribution < -0.4 is 10.2 Å². The molecule has 1 aromatic heterocycles. The predicted molar refractivity (Wildman–Crippen MR) is 79.9 cm³/mol. The number of amides is 1. The summed E-state index contributed by atoms with van der Waals surface area (Å²) < 4.78 is 13.1. The van der Waals surface area contributed by atoms with Gasteiger partial charge in [0.25, 0.3) is 5.91 Å². The average Bonchev–Trinajstić information content (AvgIpc) is 2.49. The first-order valence-corrected chi connectivity index (χ1v) is 6.78. The number of nitrogens with zero attached hydrogens (tertiary/aromatic N) is 3. The van der Waals surface area contributed by atoms with Crippen molar-refractivity contribution in [3.05, 3.63) is 48.2 Å². The van der Waals surface area contributed by atoms with E-state index in [0.717, 1.165) is 13.1 Å². The zero-order chi connectivity index (χ0) is 15.2. The minimum Gasteiger partial charge on any atom is -0.357 e. The van der Waals surface area contributed by atoms with E-state index in [1.54, 1.807) is 12.1 Å². The summed E-state index contributed by atoms with van der Waals surface area (Å²) in [4.78, 5) is 22.3. The molecule has 0 radical (unpaired) electrons. The molecule has 0 spiro atoms. The van der Waals surface area contributed by atoms with Crippen molar-refractivity contribution in [1.82, 2.24) is 9.97 Å². The standard InChI is InChI=1S/C15H17FN4O/c1-3-20(4-2)14-9-13(17-10-18-14)15(21)19-12-7-5-6-11(16)8-12/h5-10H,3-4H2,1-2H3,(H,19,21). The minimum absolute atomic E-state index is 0.246.